The fourth-order valence-electron chi connectivity index (χ4n) is 3.08. The molecule has 6 heteroatoms. The summed E-state index contributed by atoms with van der Waals surface area (Å²) < 4.78 is 23.4. The molecule has 1 saturated heterocycles. The van der Waals surface area contributed by atoms with Crippen molar-refractivity contribution in [1.29, 1.82) is 0 Å². The Morgan fingerprint density at radius 1 is 1.20 bits per heavy atom. The van der Waals surface area contributed by atoms with Crippen LogP contribution in [0, 0.1) is 0 Å². The van der Waals surface area contributed by atoms with E-state index in [9.17, 15) is 18.3 Å². The van der Waals surface area contributed by atoms with Gasteiger partial charge in [0.2, 0.25) is 0 Å². The van der Waals surface area contributed by atoms with Gasteiger partial charge in [-0.25, -0.2) is 8.42 Å². The van der Waals surface area contributed by atoms with E-state index in [1.165, 1.54) is 0 Å². The van der Waals surface area contributed by atoms with E-state index in [4.69, 9.17) is 0 Å². The third-order valence-corrected chi connectivity index (χ3v) is 5.71. The van der Waals surface area contributed by atoms with Crippen molar-refractivity contribution in [3.63, 3.8) is 0 Å². The van der Waals surface area contributed by atoms with Crippen LogP contribution in [-0.4, -0.2) is 49.5 Å². The van der Waals surface area contributed by atoms with E-state index in [0.717, 1.165) is 5.69 Å². The molecular formula is C14H17NO4S. The summed E-state index contributed by atoms with van der Waals surface area (Å²) in [6, 6.07) is 6.79. The molecule has 0 saturated carbocycles. The molecular weight excluding hydrogens is 278 g/mol. The number of aliphatic hydroxyl groups excluding tert-OH is 1. The molecule has 1 N–H and O–H groups in total. The number of ketones is 1. The van der Waals surface area contributed by atoms with Crippen molar-refractivity contribution in [3.05, 3.63) is 29.8 Å². The fourth-order valence-corrected chi connectivity index (χ4v) is 4.88. The van der Waals surface area contributed by atoms with Gasteiger partial charge in [0.1, 0.15) is 0 Å². The monoisotopic (exact) mass is 295 g/mol. The molecule has 2 atom stereocenters. The van der Waals surface area contributed by atoms with Crippen LogP contribution in [0.1, 0.15) is 23.2 Å². The molecule has 5 nitrogen and oxygen atoms in total. The molecule has 2 unspecified atom stereocenters. The number of carbonyl (C=O) groups is 1. The highest BCUT2D eigenvalue weighted by Crippen LogP contribution is 2.31. The maximum atomic E-state index is 12.1. The summed E-state index contributed by atoms with van der Waals surface area (Å²) in [6.45, 7) is 0.597. The van der Waals surface area contributed by atoms with E-state index < -0.39 is 22.0 Å². The molecule has 0 bridgehead atoms. The Balaban J connectivity index is 2.02. The minimum atomic E-state index is -3.20. The van der Waals surface area contributed by atoms with Gasteiger partial charge < -0.3 is 10.0 Å². The molecule has 0 aliphatic carbocycles. The number of hydrogen-bond acceptors (Lipinski definition) is 5. The number of para-hydroxylation sites is 1. The van der Waals surface area contributed by atoms with Gasteiger partial charge in [-0.15, -0.1) is 0 Å². The second-order valence-electron chi connectivity index (χ2n) is 5.45. The number of fused-ring (bicyclic) bond motifs is 1. The first-order chi connectivity index (χ1) is 9.48. The number of benzene rings is 1. The number of nitrogens with zero attached hydrogens (tertiary/aromatic N) is 1. The van der Waals surface area contributed by atoms with Crippen molar-refractivity contribution >= 4 is 21.3 Å². The summed E-state index contributed by atoms with van der Waals surface area (Å²) in [6.07, 6.45) is 0.251. The molecule has 108 valence electrons. The molecule has 0 spiro atoms. The van der Waals surface area contributed by atoms with Gasteiger partial charge in [-0.1, -0.05) is 12.1 Å². The number of Topliss-reactive ketones (excluding diaryl/α,β-unsaturated/α-hetero) is 1. The standard InChI is InChI=1S/C14H17NO4S/c16-13-6-3-7-15(11-5-2-1-4-10(11)13)12-8-20(18,19)9-14(12)17/h1-2,4-5,12,14,17H,3,6-9H2. The molecule has 0 aromatic heterocycles. The van der Waals surface area contributed by atoms with Crippen molar-refractivity contribution < 1.29 is 18.3 Å². The molecule has 1 fully saturated rings. The van der Waals surface area contributed by atoms with Crippen LogP contribution < -0.4 is 4.90 Å². The predicted molar refractivity (Wildman–Crippen MR) is 75.8 cm³/mol. The first-order valence-electron chi connectivity index (χ1n) is 6.75. The number of rotatable bonds is 1. The number of aliphatic hydroxyl groups is 1. The van der Waals surface area contributed by atoms with Gasteiger partial charge in [0.15, 0.2) is 15.6 Å². The number of anilines is 1. The van der Waals surface area contributed by atoms with Gasteiger partial charge in [-0.2, -0.15) is 0 Å². The second-order valence-corrected chi connectivity index (χ2v) is 7.60. The van der Waals surface area contributed by atoms with Crippen molar-refractivity contribution in [2.24, 2.45) is 0 Å². The van der Waals surface area contributed by atoms with Crippen LogP contribution in [0.15, 0.2) is 24.3 Å². The third kappa shape index (κ3) is 2.33. The SMILES string of the molecule is O=C1CCCN(C2CS(=O)(=O)CC2O)c2ccccc21. The Hall–Kier alpha value is -1.40. The van der Waals surface area contributed by atoms with Gasteiger partial charge in [-0.05, 0) is 18.6 Å². The lowest BCUT2D eigenvalue weighted by molar-refractivity contribution is 0.0984. The van der Waals surface area contributed by atoms with E-state index >= 15 is 0 Å². The van der Waals surface area contributed by atoms with Gasteiger partial charge in [0.05, 0.1) is 23.7 Å². The van der Waals surface area contributed by atoms with E-state index in [1.807, 2.05) is 23.1 Å². The molecule has 0 radical (unpaired) electrons. The maximum Gasteiger partial charge on any atom is 0.165 e. The first kappa shape index (κ1) is 13.6. The molecule has 1 aromatic rings. The summed E-state index contributed by atoms with van der Waals surface area (Å²) in [5.74, 6) is -0.153. The van der Waals surface area contributed by atoms with Crippen LogP contribution in [-0.2, 0) is 9.84 Å². The van der Waals surface area contributed by atoms with E-state index in [2.05, 4.69) is 0 Å². The van der Waals surface area contributed by atoms with Crippen LogP contribution in [0.3, 0.4) is 0 Å². The van der Waals surface area contributed by atoms with Gasteiger partial charge in [-0.3, -0.25) is 4.79 Å². The molecule has 20 heavy (non-hydrogen) atoms. The van der Waals surface area contributed by atoms with Crippen molar-refractivity contribution in [2.45, 2.75) is 25.0 Å². The summed E-state index contributed by atoms with van der Waals surface area (Å²) >= 11 is 0. The zero-order chi connectivity index (χ0) is 14.3. The highest BCUT2D eigenvalue weighted by Gasteiger charge is 2.41. The average Bonchev–Trinajstić information content (AvgIpc) is 2.57. The Kier molecular flexibility index (Phi) is 3.30. The lowest BCUT2D eigenvalue weighted by Gasteiger charge is -2.32. The van der Waals surface area contributed by atoms with E-state index in [0.29, 0.717) is 24.9 Å². The maximum absolute atomic E-state index is 12.1. The van der Waals surface area contributed by atoms with Crippen molar-refractivity contribution in [2.75, 3.05) is 23.0 Å². The third-order valence-electron chi connectivity index (χ3n) is 4.01. The normalized spacial score (nSPS) is 29.1. The fraction of sp³-hybridized carbons (Fsp3) is 0.500. The Morgan fingerprint density at radius 3 is 2.65 bits per heavy atom. The zero-order valence-corrected chi connectivity index (χ0v) is 11.8. The number of sulfone groups is 1. The molecule has 2 heterocycles. The number of hydrogen-bond donors (Lipinski definition) is 1. The van der Waals surface area contributed by atoms with E-state index in [1.54, 1.807) is 6.07 Å². The van der Waals surface area contributed by atoms with Crippen LogP contribution in [0.5, 0.6) is 0 Å². The van der Waals surface area contributed by atoms with E-state index in [-0.39, 0.29) is 17.3 Å². The Morgan fingerprint density at radius 2 is 1.95 bits per heavy atom. The highest BCUT2D eigenvalue weighted by atomic mass is 32.2. The molecule has 2 aliphatic heterocycles. The number of carbonyl (C=O) groups excluding carboxylic acids is 1. The lowest BCUT2D eigenvalue weighted by atomic mass is 10.1. The summed E-state index contributed by atoms with van der Waals surface area (Å²) in [5.41, 5.74) is 1.37. The molecule has 0 amide bonds. The van der Waals surface area contributed by atoms with Crippen LogP contribution in [0.25, 0.3) is 0 Å². The smallest absolute Gasteiger partial charge is 0.165 e. The lowest BCUT2D eigenvalue weighted by Crippen LogP contribution is -2.43. The zero-order valence-electron chi connectivity index (χ0n) is 11.0. The van der Waals surface area contributed by atoms with Crippen molar-refractivity contribution in [1.82, 2.24) is 0 Å². The average molecular weight is 295 g/mol. The molecule has 2 aliphatic rings. The van der Waals surface area contributed by atoms with Crippen LogP contribution >= 0.6 is 0 Å². The van der Waals surface area contributed by atoms with Gasteiger partial charge >= 0.3 is 0 Å². The summed E-state index contributed by atoms with van der Waals surface area (Å²) in [7, 11) is -3.20. The molecule has 3 rings (SSSR count). The first-order valence-corrected chi connectivity index (χ1v) is 8.57. The second kappa shape index (κ2) is 4.86. The van der Waals surface area contributed by atoms with Crippen molar-refractivity contribution in [3.8, 4) is 0 Å². The Labute approximate surface area is 118 Å². The minimum absolute atomic E-state index is 0.0449. The quantitative estimate of drug-likeness (QED) is 0.822. The van der Waals surface area contributed by atoms with Crippen LogP contribution in [0.2, 0.25) is 0 Å². The predicted octanol–water partition coefficient (Wildman–Crippen LogP) is 0.627. The minimum Gasteiger partial charge on any atom is -0.390 e. The highest BCUT2D eigenvalue weighted by molar-refractivity contribution is 7.91. The topological polar surface area (TPSA) is 74.7 Å². The van der Waals surface area contributed by atoms with Gasteiger partial charge in [0.25, 0.3) is 0 Å². The van der Waals surface area contributed by atoms with Crippen LogP contribution in [0.4, 0.5) is 5.69 Å². The summed E-state index contributed by atoms with van der Waals surface area (Å²) in [5, 5.41) is 10.1. The largest absolute Gasteiger partial charge is 0.390 e. The molecule has 1 aromatic carbocycles. The Bertz CT molecular complexity index is 640. The van der Waals surface area contributed by atoms with Gasteiger partial charge in [0, 0.05) is 24.2 Å². The summed E-state index contributed by atoms with van der Waals surface area (Å²) in [4.78, 5) is 14.0.